The molecule has 5 nitrogen and oxygen atoms in total. The van der Waals surface area contributed by atoms with Crippen LogP contribution < -0.4 is 5.32 Å². The second-order valence-corrected chi connectivity index (χ2v) is 5.34. The molecule has 0 aliphatic carbocycles. The van der Waals surface area contributed by atoms with Gasteiger partial charge in [-0.3, -0.25) is 0 Å². The molecule has 1 aromatic carbocycles. The highest BCUT2D eigenvalue weighted by Crippen LogP contribution is 2.20. The molecular formula is C16H18N4O. The smallest absolute Gasteiger partial charge is 0.158 e. The van der Waals surface area contributed by atoms with E-state index in [9.17, 15) is 5.11 Å². The van der Waals surface area contributed by atoms with Crippen LogP contribution in [0.4, 0.5) is 5.69 Å². The van der Waals surface area contributed by atoms with Crippen LogP contribution in [0.1, 0.15) is 25.5 Å². The molecule has 0 unspecified atom stereocenters. The van der Waals surface area contributed by atoms with E-state index in [0.717, 1.165) is 22.3 Å². The molecule has 0 aliphatic rings. The lowest BCUT2D eigenvalue weighted by Gasteiger charge is -2.08. The first-order valence-corrected chi connectivity index (χ1v) is 6.98. The largest absolute Gasteiger partial charge is 0.508 e. The van der Waals surface area contributed by atoms with Crippen molar-refractivity contribution in [1.82, 2.24) is 14.8 Å². The fourth-order valence-corrected chi connectivity index (χ4v) is 2.29. The quantitative estimate of drug-likeness (QED) is 0.770. The lowest BCUT2D eigenvalue weighted by atomic mass is 10.2. The van der Waals surface area contributed by atoms with Crippen LogP contribution in [-0.4, -0.2) is 19.9 Å². The normalized spacial score (nSPS) is 11.2. The number of nitrogens with one attached hydrogen (secondary N) is 1. The number of hydrogen-bond donors (Lipinski definition) is 2. The summed E-state index contributed by atoms with van der Waals surface area (Å²) in [6.45, 7) is 4.81. The maximum atomic E-state index is 9.46. The molecule has 0 amide bonds. The van der Waals surface area contributed by atoms with E-state index in [1.807, 2.05) is 35.3 Å². The van der Waals surface area contributed by atoms with Gasteiger partial charge in [0.25, 0.3) is 0 Å². The highest BCUT2D eigenvalue weighted by molar-refractivity contribution is 5.78. The van der Waals surface area contributed by atoms with Crippen LogP contribution in [0.5, 0.6) is 5.75 Å². The van der Waals surface area contributed by atoms with Crippen molar-refractivity contribution in [2.45, 2.75) is 26.4 Å². The fourth-order valence-electron chi connectivity index (χ4n) is 2.29. The Hall–Kier alpha value is -2.56. The van der Waals surface area contributed by atoms with Crippen molar-refractivity contribution in [3.8, 4) is 5.75 Å². The van der Waals surface area contributed by atoms with Gasteiger partial charge in [-0.15, -0.1) is 0 Å². The Bertz CT molecular complexity index is 764. The first-order valence-electron chi connectivity index (χ1n) is 6.98. The molecule has 2 aromatic heterocycles. The number of pyridine rings is 1. The second-order valence-electron chi connectivity index (χ2n) is 5.34. The van der Waals surface area contributed by atoms with E-state index in [2.05, 4.69) is 29.2 Å². The maximum Gasteiger partial charge on any atom is 0.158 e. The average Bonchev–Trinajstić information content (AvgIpc) is 2.88. The lowest BCUT2D eigenvalue weighted by molar-refractivity contribution is 0.474. The zero-order valence-corrected chi connectivity index (χ0v) is 12.1. The van der Waals surface area contributed by atoms with Crippen LogP contribution in [0.3, 0.4) is 0 Å². The summed E-state index contributed by atoms with van der Waals surface area (Å²) in [5.41, 5.74) is 2.86. The van der Waals surface area contributed by atoms with E-state index >= 15 is 0 Å². The van der Waals surface area contributed by atoms with Gasteiger partial charge in [0.15, 0.2) is 5.65 Å². The number of benzene rings is 1. The SMILES string of the molecule is CC(C)n1ncc2cc(NCc3cccc(O)c3)cnc21. The van der Waals surface area contributed by atoms with Crippen molar-refractivity contribution in [1.29, 1.82) is 0 Å². The average molecular weight is 282 g/mol. The molecule has 0 atom stereocenters. The minimum atomic E-state index is 0.279. The lowest BCUT2D eigenvalue weighted by Crippen LogP contribution is -2.04. The molecule has 0 saturated carbocycles. The van der Waals surface area contributed by atoms with E-state index < -0.39 is 0 Å². The number of aromatic hydroxyl groups is 1. The van der Waals surface area contributed by atoms with Gasteiger partial charge < -0.3 is 10.4 Å². The van der Waals surface area contributed by atoms with Crippen molar-refractivity contribution in [3.63, 3.8) is 0 Å². The number of fused-ring (bicyclic) bond motifs is 1. The van der Waals surface area contributed by atoms with E-state index in [1.54, 1.807) is 12.1 Å². The molecular weight excluding hydrogens is 264 g/mol. The zero-order chi connectivity index (χ0) is 14.8. The van der Waals surface area contributed by atoms with Crippen molar-refractivity contribution in [3.05, 3.63) is 48.3 Å². The van der Waals surface area contributed by atoms with Gasteiger partial charge in [0.2, 0.25) is 0 Å². The van der Waals surface area contributed by atoms with Gasteiger partial charge in [-0.1, -0.05) is 12.1 Å². The van der Waals surface area contributed by atoms with E-state index in [1.165, 1.54) is 0 Å². The minimum absolute atomic E-state index is 0.279. The van der Waals surface area contributed by atoms with Gasteiger partial charge in [0.1, 0.15) is 5.75 Å². The third-order valence-electron chi connectivity index (χ3n) is 3.33. The molecule has 0 saturated heterocycles. The third kappa shape index (κ3) is 2.81. The number of anilines is 1. The first-order chi connectivity index (χ1) is 10.1. The molecule has 3 rings (SSSR count). The summed E-state index contributed by atoms with van der Waals surface area (Å²) < 4.78 is 1.91. The van der Waals surface area contributed by atoms with Crippen molar-refractivity contribution in [2.24, 2.45) is 0 Å². The number of nitrogens with zero attached hydrogens (tertiary/aromatic N) is 3. The fraction of sp³-hybridized carbons (Fsp3) is 0.250. The van der Waals surface area contributed by atoms with Crippen LogP contribution in [0.2, 0.25) is 0 Å². The minimum Gasteiger partial charge on any atom is -0.508 e. The topological polar surface area (TPSA) is 63.0 Å². The Morgan fingerprint density at radius 1 is 1.24 bits per heavy atom. The highest BCUT2D eigenvalue weighted by Gasteiger charge is 2.07. The zero-order valence-electron chi connectivity index (χ0n) is 12.1. The van der Waals surface area contributed by atoms with Crippen molar-refractivity contribution in [2.75, 3.05) is 5.32 Å². The summed E-state index contributed by atoms with van der Waals surface area (Å²) in [6, 6.07) is 9.54. The maximum absolute atomic E-state index is 9.46. The Balaban J connectivity index is 1.79. The van der Waals surface area contributed by atoms with Gasteiger partial charge in [-0.05, 0) is 37.6 Å². The number of rotatable bonds is 4. The molecule has 3 aromatic rings. The standard InChI is InChI=1S/C16H18N4O/c1-11(2)20-16-13(9-19-20)7-14(10-18-16)17-8-12-4-3-5-15(21)6-12/h3-7,9-11,17,21H,8H2,1-2H3. The molecule has 0 fully saturated rings. The Labute approximate surface area is 123 Å². The molecule has 108 valence electrons. The number of phenols is 1. The first kappa shape index (κ1) is 13.4. The molecule has 0 spiro atoms. The number of phenolic OH excluding ortho intramolecular Hbond substituents is 1. The highest BCUT2D eigenvalue weighted by atomic mass is 16.3. The molecule has 0 aliphatic heterocycles. The number of hydrogen-bond acceptors (Lipinski definition) is 4. The Morgan fingerprint density at radius 2 is 2.10 bits per heavy atom. The summed E-state index contributed by atoms with van der Waals surface area (Å²) in [5, 5.41) is 18.1. The second kappa shape index (κ2) is 5.44. The predicted octanol–water partition coefficient (Wildman–Crippen LogP) is 3.33. The summed E-state index contributed by atoms with van der Waals surface area (Å²) in [6.07, 6.45) is 3.65. The van der Waals surface area contributed by atoms with Gasteiger partial charge >= 0.3 is 0 Å². The van der Waals surface area contributed by atoms with E-state index in [-0.39, 0.29) is 5.75 Å². The van der Waals surface area contributed by atoms with Crippen LogP contribution in [-0.2, 0) is 6.54 Å². The van der Waals surface area contributed by atoms with Crippen LogP contribution in [0, 0.1) is 0 Å². The number of aromatic nitrogens is 3. The van der Waals surface area contributed by atoms with Gasteiger partial charge in [0, 0.05) is 18.0 Å². The van der Waals surface area contributed by atoms with Gasteiger partial charge in [-0.25, -0.2) is 9.67 Å². The van der Waals surface area contributed by atoms with Crippen LogP contribution >= 0.6 is 0 Å². The summed E-state index contributed by atoms with van der Waals surface area (Å²) >= 11 is 0. The molecule has 2 N–H and O–H groups in total. The molecule has 0 bridgehead atoms. The van der Waals surface area contributed by atoms with Crippen molar-refractivity contribution < 1.29 is 5.11 Å². The summed E-state index contributed by atoms with van der Waals surface area (Å²) in [7, 11) is 0. The Morgan fingerprint density at radius 3 is 2.86 bits per heavy atom. The summed E-state index contributed by atoms with van der Waals surface area (Å²) in [5.74, 6) is 0.279. The summed E-state index contributed by atoms with van der Waals surface area (Å²) in [4.78, 5) is 4.48. The van der Waals surface area contributed by atoms with E-state index in [4.69, 9.17) is 0 Å². The van der Waals surface area contributed by atoms with Gasteiger partial charge in [-0.2, -0.15) is 5.10 Å². The molecule has 21 heavy (non-hydrogen) atoms. The predicted molar refractivity (Wildman–Crippen MR) is 83.3 cm³/mol. The Kier molecular flexibility index (Phi) is 3.48. The van der Waals surface area contributed by atoms with Crippen LogP contribution in [0.25, 0.3) is 11.0 Å². The van der Waals surface area contributed by atoms with E-state index in [0.29, 0.717) is 12.6 Å². The van der Waals surface area contributed by atoms with Crippen LogP contribution in [0.15, 0.2) is 42.7 Å². The third-order valence-corrected chi connectivity index (χ3v) is 3.33. The molecule has 2 heterocycles. The van der Waals surface area contributed by atoms with Crippen molar-refractivity contribution >= 4 is 16.7 Å². The molecule has 0 radical (unpaired) electrons. The molecule has 5 heteroatoms. The van der Waals surface area contributed by atoms with Gasteiger partial charge in [0.05, 0.1) is 18.1 Å². The monoisotopic (exact) mass is 282 g/mol.